The Morgan fingerprint density at radius 2 is 1.77 bits per heavy atom. The minimum Gasteiger partial charge on any atom is -0.325 e. The molecule has 0 aromatic heterocycles. The van der Waals surface area contributed by atoms with E-state index in [-0.39, 0.29) is 22.9 Å². The third kappa shape index (κ3) is 6.26. The molecule has 0 bridgehead atoms. The number of benzene rings is 2. The van der Waals surface area contributed by atoms with E-state index in [4.69, 9.17) is 11.6 Å². The van der Waals surface area contributed by atoms with Crippen molar-refractivity contribution in [2.75, 3.05) is 43.4 Å². The Labute approximate surface area is 187 Å². The van der Waals surface area contributed by atoms with Gasteiger partial charge in [-0.3, -0.25) is 19.4 Å². The predicted octanol–water partition coefficient (Wildman–Crippen LogP) is 3.62. The summed E-state index contributed by atoms with van der Waals surface area (Å²) in [6.45, 7) is 6.94. The summed E-state index contributed by atoms with van der Waals surface area (Å²) < 4.78 is 13.2. The van der Waals surface area contributed by atoms with Crippen LogP contribution >= 0.6 is 11.6 Å². The molecule has 31 heavy (non-hydrogen) atoms. The zero-order chi connectivity index (χ0) is 22.4. The van der Waals surface area contributed by atoms with Gasteiger partial charge in [-0.05, 0) is 43.2 Å². The third-order valence-corrected chi connectivity index (χ3v) is 5.88. The van der Waals surface area contributed by atoms with Gasteiger partial charge < -0.3 is 10.6 Å². The third-order valence-electron chi connectivity index (χ3n) is 5.56. The summed E-state index contributed by atoms with van der Waals surface area (Å²) >= 11 is 6.00. The Morgan fingerprint density at radius 1 is 1.06 bits per heavy atom. The lowest BCUT2D eigenvalue weighted by molar-refractivity contribution is -0.122. The zero-order valence-corrected chi connectivity index (χ0v) is 18.6. The number of aryl methyl sites for hydroxylation is 1. The molecular formula is C23H28ClFN4O2. The van der Waals surface area contributed by atoms with Gasteiger partial charge in [0.25, 0.3) is 0 Å². The average molecular weight is 447 g/mol. The highest BCUT2D eigenvalue weighted by atomic mass is 35.5. The Hall–Kier alpha value is -2.48. The average Bonchev–Trinajstić information content (AvgIpc) is 2.76. The van der Waals surface area contributed by atoms with Crippen LogP contribution in [0.15, 0.2) is 42.5 Å². The number of anilines is 2. The first kappa shape index (κ1) is 23.2. The first-order valence-corrected chi connectivity index (χ1v) is 10.8. The van der Waals surface area contributed by atoms with Crippen LogP contribution in [-0.2, 0) is 16.0 Å². The van der Waals surface area contributed by atoms with E-state index in [0.717, 1.165) is 17.7 Å². The maximum atomic E-state index is 13.2. The molecule has 6 nitrogen and oxygen atoms in total. The summed E-state index contributed by atoms with van der Waals surface area (Å²) in [5.41, 5.74) is 2.36. The van der Waals surface area contributed by atoms with Gasteiger partial charge in [-0.1, -0.05) is 36.7 Å². The summed E-state index contributed by atoms with van der Waals surface area (Å²) in [4.78, 5) is 29.2. The van der Waals surface area contributed by atoms with Crippen molar-refractivity contribution in [1.82, 2.24) is 9.80 Å². The lowest BCUT2D eigenvalue weighted by Crippen LogP contribution is -2.53. The highest BCUT2D eigenvalue weighted by molar-refractivity contribution is 6.33. The Kier molecular flexibility index (Phi) is 8.01. The second-order valence-electron chi connectivity index (χ2n) is 7.66. The molecule has 2 amide bonds. The molecule has 1 atom stereocenters. The molecule has 1 saturated heterocycles. The molecule has 1 fully saturated rings. The monoisotopic (exact) mass is 446 g/mol. The van der Waals surface area contributed by atoms with E-state index >= 15 is 0 Å². The van der Waals surface area contributed by atoms with Gasteiger partial charge in [0, 0.05) is 31.9 Å². The van der Waals surface area contributed by atoms with Crippen molar-refractivity contribution in [3.05, 3.63) is 58.9 Å². The van der Waals surface area contributed by atoms with Crippen molar-refractivity contribution in [3.8, 4) is 0 Å². The topological polar surface area (TPSA) is 64.7 Å². The molecule has 0 saturated carbocycles. The number of hydrogen-bond acceptors (Lipinski definition) is 4. The van der Waals surface area contributed by atoms with Crippen molar-refractivity contribution in [2.24, 2.45) is 0 Å². The summed E-state index contributed by atoms with van der Waals surface area (Å²) in [5.74, 6) is -0.684. The number of amides is 2. The van der Waals surface area contributed by atoms with Crippen molar-refractivity contribution in [1.29, 1.82) is 0 Å². The molecule has 0 radical (unpaired) electrons. The molecule has 0 aliphatic carbocycles. The van der Waals surface area contributed by atoms with Crippen LogP contribution in [-0.4, -0.2) is 60.4 Å². The molecule has 8 heteroatoms. The maximum Gasteiger partial charge on any atom is 0.241 e. The Balaban J connectivity index is 1.47. The number of piperazine rings is 1. The summed E-state index contributed by atoms with van der Waals surface area (Å²) in [6.07, 6.45) is 0.859. The fourth-order valence-corrected chi connectivity index (χ4v) is 3.86. The van der Waals surface area contributed by atoms with Gasteiger partial charge >= 0.3 is 0 Å². The van der Waals surface area contributed by atoms with E-state index in [1.165, 1.54) is 18.2 Å². The molecule has 166 valence electrons. The normalized spacial score (nSPS) is 16.0. The Morgan fingerprint density at radius 3 is 2.45 bits per heavy atom. The molecule has 2 aromatic carbocycles. The molecule has 1 aliphatic rings. The van der Waals surface area contributed by atoms with Crippen molar-refractivity contribution < 1.29 is 14.0 Å². The van der Waals surface area contributed by atoms with E-state index in [0.29, 0.717) is 38.4 Å². The lowest BCUT2D eigenvalue weighted by atomic mass is 10.1. The number of halogens is 2. The van der Waals surface area contributed by atoms with Crippen molar-refractivity contribution in [2.45, 2.75) is 26.3 Å². The van der Waals surface area contributed by atoms with Crippen LogP contribution in [0.3, 0.4) is 0 Å². The highest BCUT2D eigenvalue weighted by Crippen LogP contribution is 2.23. The maximum absolute atomic E-state index is 13.2. The van der Waals surface area contributed by atoms with Gasteiger partial charge in [0.15, 0.2) is 0 Å². The fourth-order valence-electron chi connectivity index (χ4n) is 3.65. The molecule has 3 rings (SSSR count). The minimum absolute atomic E-state index is 0.0360. The standard InChI is InChI=1S/C23H28ClFN4O2/c1-3-17-6-4-5-7-20(17)26-22(30)15-28-10-12-29(13-11-28)16(2)23(31)27-21-9-8-18(25)14-19(21)24/h4-9,14,16H,3,10-13,15H2,1-2H3,(H,26,30)(H,27,31). The number of para-hydroxylation sites is 1. The van der Waals surface area contributed by atoms with Crippen LogP contribution in [0.2, 0.25) is 5.02 Å². The van der Waals surface area contributed by atoms with Gasteiger partial charge in [0.2, 0.25) is 11.8 Å². The van der Waals surface area contributed by atoms with Gasteiger partial charge in [0.05, 0.1) is 23.3 Å². The quantitative estimate of drug-likeness (QED) is 0.681. The van der Waals surface area contributed by atoms with E-state index in [9.17, 15) is 14.0 Å². The first-order valence-electron chi connectivity index (χ1n) is 10.5. The van der Waals surface area contributed by atoms with Crippen molar-refractivity contribution in [3.63, 3.8) is 0 Å². The number of carbonyl (C=O) groups is 2. The first-order chi connectivity index (χ1) is 14.9. The molecule has 2 N–H and O–H groups in total. The Bertz CT molecular complexity index is 932. The van der Waals surface area contributed by atoms with E-state index in [1.807, 2.05) is 31.2 Å². The smallest absolute Gasteiger partial charge is 0.241 e. The van der Waals surface area contributed by atoms with Crippen molar-refractivity contribution >= 4 is 34.8 Å². The number of carbonyl (C=O) groups excluding carboxylic acids is 2. The second kappa shape index (κ2) is 10.7. The number of hydrogen-bond donors (Lipinski definition) is 2. The van der Waals surface area contributed by atoms with Crippen LogP contribution in [0.4, 0.5) is 15.8 Å². The highest BCUT2D eigenvalue weighted by Gasteiger charge is 2.26. The van der Waals surface area contributed by atoms with Gasteiger partial charge in [0.1, 0.15) is 5.82 Å². The van der Waals surface area contributed by atoms with Crippen LogP contribution < -0.4 is 10.6 Å². The van der Waals surface area contributed by atoms with Crippen LogP contribution in [0.1, 0.15) is 19.4 Å². The lowest BCUT2D eigenvalue weighted by Gasteiger charge is -2.37. The molecular weight excluding hydrogens is 419 g/mol. The minimum atomic E-state index is -0.450. The number of nitrogens with one attached hydrogen (secondary N) is 2. The SMILES string of the molecule is CCc1ccccc1NC(=O)CN1CCN(C(C)C(=O)Nc2ccc(F)cc2Cl)CC1. The predicted molar refractivity (Wildman–Crippen MR) is 122 cm³/mol. The van der Waals surface area contributed by atoms with Gasteiger partial charge in [-0.2, -0.15) is 0 Å². The zero-order valence-electron chi connectivity index (χ0n) is 17.8. The van der Waals surface area contributed by atoms with E-state index < -0.39 is 5.82 Å². The van der Waals surface area contributed by atoms with Gasteiger partial charge in [-0.15, -0.1) is 0 Å². The molecule has 0 spiro atoms. The van der Waals surface area contributed by atoms with E-state index in [2.05, 4.69) is 27.4 Å². The van der Waals surface area contributed by atoms with E-state index in [1.54, 1.807) is 0 Å². The van der Waals surface area contributed by atoms with Crippen LogP contribution in [0, 0.1) is 5.82 Å². The number of rotatable bonds is 7. The summed E-state index contributed by atoms with van der Waals surface area (Å²) in [6, 6.07) is 11.3. The molecule has 2 aromatic rings. The number of nitrogens with zero attached hydrogens (tertiary/aromatic N) is 2. The second-order valence-corrected chi connectivity index (χ2v) is 8.07. The fraction of sp³-hybridized carbons (Fsp3) is 0.391. The summed E-state index contributed by atoms with van der Waals surface area (Å²) in [7, 11) is 0. The van der Waals surface area contributed by atoms with Crippen LogP contribution in [0.25, 0.3) is 0 Å². The summed E-state index contributed by atoms with van der Waals surface area (Å²) in [5, 5.41) is 5.93. The van der Waals surface area contributed by atoms with Gasteiger partial charge in [-0.25, -0.2) is 4.39 Å². The molecule has 1 aliphatic heterocycles. The largest absolute Gasteiger partial charge is 0.325 e. The molecule has 1 unspecified atom stereocenters. The molecule has 1 heterocycles. The van der Waals surface area contributed by atoms with Crippen LogP contribution in [0.5, 0.6) is 0 Å².